The van der Waals surface area contributed by atoms with Crippen molar-refractivity contribution in [2.75, 3.05) is 19.6 Å². The van der Waals surface area contributed by atoms with Crippen LogP contribution < -0.4 is 5.32 Å². The highest BCUT2D eigenvalue weighted by Gasteiger charge is 2.46. The van der Waals surface area contributed by atoms with E-state index in [1.165, 1.54) is 9.21 Å². The van der Waals surface area contributed by atoms with E-state index < -0.39 is 22.1 Å². The molecule has 2 fully saturated rings. The Balaban J connectivity index is 1.82. The number of piperazine rings is 2. The fourth-order valence-corrected chi connectivity index (χ4v) is 4.70. The molecule has 136 valence electrons. The summed E-state index contributed by atoms with van der Waals surface area (Å²) in [6.45, 7) is 6.04. The maximum Gasteiger partial charge on any atom is 0.246 e. The third kappa shape index (κ3) is 3.16. The topological polar surface area (TPSA) is 86.8 Å². The molecule has 1 aromatic carbocycles. The Morgan fingerprint density at radius 3 is 2.36 bits per heavy atom. The Labute approximate surface area is 148 Å². The van der Waals surface area contributed by atoms with E-state index in [4.69, 9.17) is 0 Å². The number of amides is 2. The summed E-state index contributed by atoms with van der Waals surface area (Å²) in [5.41, 5.74) is 0.973. The van der Waals surface area contributed by atoms with Gasteiger partial charge < -0.3 is 10.2 Å². The van der Waals surface area contributed by atoms with Gasteiger partial charge in [-0.25, -0.2) is 8.42 Å². The molecule has 0 aliphatic carbocycles. The average molecular weight is 365 g/mol. The first-order valence-electron chi connectivity index (χ1n) is 8.39. The quantitative estimate of drug-likeness (QED) is 0.837. The van der Waals surface area contributed by atoms with E-state index in [1.54, 1.807) is 24.3 Å². The number of sulfonamides is 1. The van der Waals surface area contributed by atoms with E-state index in [-0.39, 0.29) is 42.3 Å². The predicted molar refractivity (Wildman–Crippen MR) is 92.2 cm³/mol. The lowest BCUT2D eigenvalue weighted by atomic mass is 9.97. The number of carbonyl (C=O) groups excluding carboxylic acids is 2. The lowest BCUT2D eigenvalue weighted by Gasteiger charge is -2.45. The van der Waals surface area contributed by atoms with Crippen LogP contribution in [-0.4, -0.2) is 61.2 Å². The zero-order valence-corrected chi connectivity index (χ0v) is 15.4. The number of hydrogen-bond acceptors (Lipinski definition) is 4. The van der Waals surface area contributed by atoms with E-state index >= 15 is 0 Å². The van der Waals surface area contributed by atoms with E-state index in [1.807, 2.05) is 20.8 Å². The van der Waals surface area contributed by atoms with E-state index in [0.717, 1.165) is 5.56 Å². The molecular formula is C17H23N3O4S. The van der Waals surface area contributed by atoms with Crippen LogP contribution in [0.4, 0.5) is 0 Å². The van der Waals surface area contributed by atoms with Crippen molar-refractivity contribution < 1.29 is 18.0 Å². The third-order valence-electron chi connectivity index (χ3n) is 4.82. The van der Waals surface area contributed by atoms with Crippen molar-refractivity contribution >= 4 is 21.8 Å². The van der Waals surface area contributed by atoms with E-state index in [2.05, 4.69) is 5.32 Å². The minimum atomic E-state index is -3.68. The van der Waals surface area contributed by atoms with Crippen LogP contribution in [0.1, 0.15) is 19.4 Å². The number of fused-ring (bicyclic) bond motifs is 1. The summed E-state index contributed by atoms with van der Waals surface area (Å²) < 4.78 is 26.9. The highest BCUT2D eigenvalue weighted by atomic mass is 32.2. The summed E-state index contributed by atoms with van der Waals surface area (Å²) in [6, 6.07) is 5.32. The molecule has 8 heteroatoms. The van der Waals surface area contributed by atoms with E-state index in [0.29, 0.717) is 0 Å². The number of nitrogens with one attached hydrogen (secondary N) is 1. The van der Waals surface area contributed by atoms with Gasteiger partial charge in [0.05, 0.1) is 4.90 Å². The van der Waals surface area contributed by atoms with Crippen LogP contribution in [0, 0.1) is 12.8 Å². The third-order valence-corrected chi connectivity index (χ3v) is 6.70. The summed E-state index contributed by atoms with van der Waals surface area (Å²) in [7, 11) is -3.68. The Hall–Kier alpha value is -1.93. The zero-order chi connectivity index (χ0) is 18.4. The summed E-state index contributed by atoms with van der Waals surface area (Å²) in [5.74, 6) is -0.430. The van der Waals surface area contributed by atoms with Crippen LogP contribution in [0.3, 0.4) is 0 Å². The molecule has 7 nitrogen and oxygen atoms in total. The maximum atomic E-state index is 12.8. The normalized spacial score (nSPS) is 25.0. The average Bonchev–Trinajstić information content (AvgIpc) is 2.57. The number of benzene rings is 1. The number of nitrogens with zero attached hydrogens (tertiary/aromatic N) is 2. The van der Waals surface area contributed by atoms with E-state index in [9.17, 15) is 18.0 Å². The number of rotatable bonds is 3. The standard InChI is InChI=1S/C17H23N3O4S/c1-11(2)15-17(22)20-9-8-19(10-14(20)16(21)18-15)25(23,24)13-6-4-12(3)5-7-13/h4-7,11,14-15H,8-10H2,1-3H3,(H,18,21)/t14-,15+/m1/s1. The molecule has 2 aliphatic rings. The second-order valence-electron chi connectivity index (χ2n) is 6.95. The summed E-state index contributed by atoms with van der Waals surface area (Å²) in [5, 5.41) is 2.73. The number of aryl methyl sites for hydroxylation is 1. The van der Waals surface area contributed by atoms with Gasteiger partial charge in [0.25, 0.3) is 0 Å². The lowest BCUT2D eigenvalue weighted by molar-refractivity contribution is -0.152. The molecular weight excluding hydrogens is 342 g/mol. The summed E-state index contributed by atoms with van der Waals surface area (Å²) in [6.07, 6.45) is 0. The molecule has 0 saturated carbocycles. The Morgan fingerprint density at radius 1 is 1.12 bits per heavy atom. The first-order chi connectivity index (χ1) is 11.7. The zero-order valence-electron chi connectivity index (χ0n) is 14.6. The summed E-state index contributed by atoms with van der Waals surface area (Å²) >= 11 is 0. The fraction of sp³-hybridized carbons (Fsp3) is 0.529. The maximum absolute atomic E-state index is 12.8. The minimum Gasteiger partial charge on any atom is -0.342 e. The molecule has 2 atom stereocenters. The molecule has 0 unspecified atom stereocenters. The Morgan fingerprint density at radius 2 is 1.76 bits per heavy atom. The first kappa shape index (κ1) is 17.9. The molecule has 1 aromatic rings. The fourth-order valence-electron chi connectivity index (χ4n) is 3.27. The first-order valence-corrected chi connectivity index (χ1v) is 9.83. The molecule has 2 heterocycles. The minimum absolute atomic E-state index is 0.00767. The van der Waals surface area contributed by atoms with Crippen LogP contribution in [-0.2, 0) is 19.6 Å². The Bertz CT molecular complexity index is 789. The van der Waals surface area contributed by atoms with Crippen molar-refractivity contribution in [3.8, 4) is 0 Å². The van der Waals surface area contributed by atoms with Gasteiger partial charge in [-0.15, -0.1) is 0 Å². The van der Waals surface area contributed by atoms with Crippen LogP contribution in [0.15, 0.2) is 29.2 Å². The van der Waals surface area contributed by atoms with Crippen molar-refractivity contribution in [3.05, 3.63) is 29.8 Å². The van der Waals surface area contributed by atoms with Crippen molar-refractivity contribution in [2.24, 2.45) is 5.92 Å². The largest absolute Gasteiger partial charge is 0.342 e. The van der Waals surface area contributed by atoms with Gasteiger partial charge in [-0.1, -0.05) is 31.5 Å². The smallest absolute Gasteiger partial charge is 0.246 e. The van der Waals surface area contributed by atoms with Gasteiger partial charge in [0, 0.05) is 19.6 Å². The van der Waals surface area contributed by atoms with Gasteiger partial charge in [-0.2, -0.15) is 4.31 Å². The van der Waals surface area contributed by atoms with Crippen molar-refractivity contribution in [2.45, 2.75) is 37.8 Å². The van der Waals surface area contributed by atoms with Gasteiger partial charge in [-0.3, -0.25) is 9.59 Å². The van der Waals surface area contributed by atoms with Gasteiger partial charge >= 0.3 is 0 Å². The second-order valence-corrected chi connectivity index (χ2v) is 8.89. The molecule has 3 rings (SSSR count). The molecule has 0 spiro atoms. The molecule has 0 radical (unpaired) electrons. The van der Waals surface area contributed by atoms with Crippen molar-refractivity contribution in [1.82, 2.24) is 14.5 Å². The predicted octanol–water partition coefficient (Wildman–Crippen LogP) is 0.351. The molecule has 25 heavy (non-hydrogen) atoms. The van der Waals surface area contributed by atoms with Crippen LogP contribution >= 0.6 is 0 Å². The van der Waals surface area contributed by atoms with Crippen molar-refractivity contribution in [3.63, 3.8) is 0 Å². The van der Waals surface area contributed by atoms with Gasteiger partial charge in [0.1, 0.15) is 12.1 Å². The highest BCUT2D eigenvalue weighted by Crippen LogP contribution is 2.24. The SMILES string of the molecule is Cc1ccc(S(=O)(=O)N2CCN3C(=O)[C@H](C(C)C)NC(=O)[C@H]3C2)cc1. The monoisotopic (exact) mass is 365 g/mol. The second kappa shape index (κ2) is 6.42. The van der Waals surface area contributed by atoms with Crippen LogP contribution in [0.2, 0.25) is 0 Å². The highest BCUT2D eigenvalue weighted by molar-refractivity contribution is 7.89. The van der Waals surface area contributed by atoms with Crippen LogP contribution in [0.5, 0.6) is 0 Å². The van der Waals surface area contributed by atoms with Gasteiger partial charge in [0.15, 0.2) is 0 Å². The Kier molecular flexibility index (Phi) is 4.59. The van der Waals surface area contributed by atoms with Gasteiger partial charge in [-0.05, 0) is 25.0 Å². The molecule has 2 saturated heterocycles. The van der Waals surface area contributed by atoms with Gasteiger partial charge in [0.2, 0.25) is 21.8 Å². The molecule has 0 aromatic heterocycles. The number of hydrogen-bond donors (Lipinski definition) is 1. The molecule has 1 N–H and O–H groups in total. The molecule has 2 aliphatic heterocycles. The molecule has 0 bridgehead atoms. The van der Waals surface area contributed by atoms with Crippen LogP contribution in [0.25, 0.3) is 0 Å². The lowest BCUT2D eigenvalue weighted by Crippen LogP contribution is -2.70. The summed E-state index contributed by atoms with van der Waals surface area (Å²) in [4.78, 5) is 26.7. The van der Waals surface area contributed by atoms with Crippen molar-refractivity contribution in [1.29, 1.82) is 0 Å². The molecule has 2 amide bonds. The number of carbonyl (C=O) groups is 2.